The second kappa shape index (κ2) is 9.22. The molecule has 1 aromatic carbocycles. The average Bonchev–Trinajstić information content (AvgIpc) is 2.69. The summed E-state index contributed by atoms with van der Waals surface area (Å²) < 4.78 is 2.02. The van der Waals surface area contributed by atoms with Crippen molar-refractivity contribution in [1.82, 2.24) is 19.4 Å². The fraction of sp³-hybridized carbons (Fsp3) is 0.591. The molecule has 7 heteroatoms. The number of likely N-dealkylation sites (tertiary alicyclic amines) is 1. The van der Waals surface area contributed by atoms with E-state index in [0.29, 0.717) is 39.6 Å². The van der Waals surface area contributed by atoms with E-state index in [2.05, 4.69) is 37.6 Å². The predicted octanol–water partition coefficient (Wildman–Crippen LogP) is 3.52. The van der Waals surface area contributed by atoms with E-state index in [1.807, 2.05) is 4.90 Å². The second-order valence-corrected chi connectivity index (χ2v) is 8.72. The zero-order valence-electron chi connectivity index (χ0n) is 17.9. The standard InChI is InChI=1S/C22H32N4O2S/c1-5-24(6-2)9-10-26-21(28)18-8-7-17(12-19(18)23-22(26)29)20(27)25-13-15(3)11-16(4)14-25/h7-8,12,15-16H,5-6,9-11,13-14H2,1-4H3,(H,23,29)/t15-,16+. The third-order valence-corrected chi connectivity index (χ3v) is 6.24. The summed E-state index contributed by atoms with van der Waals surface area (Å²) in [7, 11) is 0. The third-order valence-electron chi connectivity index (χ3n) is 5.92. The SMILES string of the molecule is CCN(CC)CCn1c(=S)[nH]c2cc(C(=O)N3C[C@H](C)C[C@H](C)C3)ccc2c1=O. The number of hydrogen-bond donors (Lipinski definition) is 1. The number of amides is 1. The van der Waals surface area contributed by atoms with Gasteiger partial charge < -0.3 is 14.8 Å². The number of nitrogens with one attached hydrogen (secondary N) is 1. The molecule has 1 N–H and O–H groups in total. The zero-order valence-corrected chi connectivity index (χ0v) is 18.7. The average molecular weight is 417 g/mol. The molecule has 0 unspecified atom stereocenters. The molecule has 1 saturated heterocycles. The minimum Gasteiger partial charge on any atom is -0.338 e. The summed E-state index contributed by atoms with van der Waals surface area (Å²) in [5.74, 6) is 1.04. The van der Waals surface area contributed by atoms with E-state index in [-0.39, 0.29) is 11.5 Å². The number of fused-ring (bicyclic) bond motifs is 1. The Kier molecular flexibility index (Phi) is 6.90. The van der Waals surface area contributed by atoms with Gasteiger partial charge in [0.15, 0.2) is 4.77 Å². The maximum Gasteiger partial charge on any atom is 0.262 e. The monoisotopic (exact) mass is 416 g/mol. The first-order valence-electron chi connectivity index (χ1n) is 10.6. The fourth-order valence-electron chi connectivity index (χ4n) is 4.38. The van der Waals surface area contributed by atoms with Crippen LogP contribution in [-0.4, -0.2) is 58.0 Å². The lowest BCUT2D eigenvalue weighted by molar-refractivity contribution is 0.0623. The number of benzene rings is 1. The molecule has 6 nitrogen and oxygen atoms in total. The molecule has 2 aromatic rings. The molecule has 1 aliphatic rings. The predicted molar refractivity (Wildman–Crippen MR) is 120 cm³/mol. The van der Waals surface area contributed by atoms with E-state index in [1.165, 1.54) is 0 Å². The number of aromatic amines is 1. The molecule has 0 radical (unpaired) electrons. The number of aromatic nitrogens is 2. The molecule has 1 fully saturated rings. The summed E-state index contributed by atoms with van der Waals surface area (Å²) in [6.45, 7) is 13.4. The largest absolute Gasteiger partial charge is 0.338 e. The van der Waals surface area contributed by atoms with E-state index in [9.17, 15) is 9.59 Å². The van der Waals surface area contributed by atoms with Crippen LogP contribution >= 0.6 is 12.2 Å². The number of rotatable bonds is 6. The molecular formula is C22H32N4O2S. The van der Waals surface area contributed by atoms with Gasteiger partial charge >= 0.3 is 0 Å². The smallest absolute Gasteiger partial charge is 0.262 e. The third kappa shape index (κ3) is 4.78. The van der Waals surface area contributed by atoms with Crippen LogP contribution in [0.15, 0.2) is 23.0 Å². The van der Waals surface area contributed by atoms with Gasteiger partial charge in [0, 0.05) is 31.7 Å². The Hall–Kier alpha value is -1.99. The number of nitrogens with zero attached hydrogens (tertiary/aromatic N) is 3. The Morgan fingerprint density at radius 2 is 1.86 bits per heavy atom. The number of piperidine rings is 1. The van der Waals surface area contributed by atoms with Crippen LogP contribution < -0.4 is 5.56 Å². The maximum absolute atomic E-state index is 13.0. The molecule has 0 aliphatic carbocycles. The molecule has 0 bridgehead atoms. The Morgan fingerprint density at radius 1 is 1.21 bits per heavy atom. The minimum absolute atomic E-state index is 0.0235. The highest BCUT2D eigenvalue weighted by molar-refractivity contribution is 7.71. The fourth-order valence-corrected chi connectivity index (χ4v) is 4.67. The van der Waals surface area contributed by atoms with Gasteiger partial charge in [-0.2, -0.15) is 0 Å². The van der Waals surface area contributed by atoms with Gasteiger partial charge in [0.2, 0.25) is 0 Å². The molecule has 29 heavy (non-hydrogen) atoms. The van der Waals surface area contributed by atoms with E-state index >= 15 is 0 Å². The van der Waals surface area contributed by atoms with Gasteiger partial charge in [-0.05, 0) is 61.8 Å². The summed E-state index contributed by atoms with van der Waals surface area (Å²) in [6.07, 6.45) is 1.15. The normalized spacial score (nSPS) is 19.8. The van der Waals surface area contributed by atoms with Crippen molar-refractivity contribution in [3.05, 3.63) is 38.9 Å². The molecule has 1 aromatic heterocycles. The lowest BCUT2D eigenvalue weighted by Gasteiger charge is -2.35. The van der Waals surface area contributed by atoms with Crippen molar-refractivity contribution in [3.8, 4) is 0 Å². The van der Waals surface area contributed by atoms with Gasteiger partial charge in [0.05, 0.1) is 10.9 Å². The zero-order chi connectivity index (χ0) is 21.1. The topological polar surface area (TPSA) is 61.3 Å². The first kappa shape index (κ1) is 21.7. The van der Waals surface area contributed by atoms with Crippen LogP contribution in [0.1, 0.15) is 44.5 Å². The highest BCUT2D eigenvalue weighted by Gasteiger charge is 2.26. The van der Waals surface area contributed by atoms with Crippen LogP contribution in [0.4, 0.5) is 0 Å². The van der Waals surface area contributed by atoms with Crippen LogP contribution in [0.2, 0.25) is 0 Å². The van der Waals surface area contributed by atoms with E-state index in [0.717, 1.165) is 39.1 Å². The number of carbonyl (C=O) groups is 1. The lowest BCUT2D eigenvalue weighted by atomic mass is 9.91. The van der Waals surface area contributed by atoms with Crippen LogP contribution in [0, 0.1) is 16.6 Å². The quantitative estimate of drug-likeness (QED) is 0.732. The van der Waals surface area contributed by atoms with Gasteiger partial charge in [-0.15, -0.1) is 0 Å². The van der Waals surface area contributed by atoms with E-state index in [1.54, 1.807) is 22.8 Å². The number of likely N-dealkylation sites (N-methyl/N-ethyl adjacent to an activating group) is 1. The molecule has 2 atom stereocenters. The maximum atomic E-state index is 13.0. The molecule has 3 rings (SSSR count). The Balaban J connectivity index is 1.89. The van der Waals surface area contributed by atoms with Gasteiger partial charge in [0.25, 0.3) is 11.5 Å². The molecule has 0 saturated carbocycles. The highest BCUT2D eigenvalue weighted by atomic mass is 32.1. The number of hydrogen-bond acceptors (Lipinski definition) is 4. The van der Waals surface area contributed by atoms with E-state index < -0.39 is 0 Å². The summed E-state index contributed by atoms with van der Waals surface area (Å²) in [6, 6.07) is 5.29. The van der Waals surface area contributed by atoms with Crippen molar-refractivity contribution in [2.24, 2.45) is 11.8 Å². The van der Waals surface area contributed by atoms with Crippen molar-refractivity contribution in [3.63, 3.8) is 0 Å². The summed E-state index contributed by atoms with van der Waals surface area (Å²) in [5.41, 5.74) is 1.13. The summed E-state index contributed by atoms with van der Waals surface area (Å²) in [4.78, 5) is 33.3. The Bertz CT molecular complexity index is 982. The molecule has 158 valence electrons. The molecule has 1 aliphatic heterocycles. The molecule has 1 amide bonds. The van der Waals surface area contributed by atoms with Gasteiger partial charge in [-0.25, -0.2) is 0 Å². The summed E-state index contributed by atoms with van der Waals surface area (Å²) in [5, 5.41) is 0.565. The number of carbonyl (C=O) groups excluding carboxylic acids is 1. The van der Waals surface area contributed by atoms with Gasteiger partial charge in [0.1, 0.15) is 0 Å². The van der Waals surface area contributed by atoms with Crippen molar-refractivity contribution in [2.45, 2.75) is 40.7 Å². The van der Waals surface area contributed by atoms with Crippen molar-refractivity contribution in [2.75, 3.05) is 32.7 Å². The molecule has 0 spiro atoms. The van der Waals surface area contributed by atoms with Crippen LogP contribution in [-0.2, 0) is 6.54 Å². The van der Waals surface area contributed by atoms with Crippen molar-refractivity contribution < 1.29 is 4.79 Å². The van der Waals surface area contributed by atoms with Crippen LogP contribution in [0.5, 0.6) is 0 Å². The van der Waals surface area contributed by atoms with Gasteiger partial charge in [-0.3, -0.25) is 14.2 Å². The van der Waals surface area contributed by atoms with E-state index in [4.69, 9.17) is 12.2 Å². The van der Waals surface area contributed by atoms with Crippen LogP contribution in [0.3, 0.4) is 0 Å². The van der Waals surface area contributed by atoms with Crippen molar-refractivity contribution >= 4 is 29.0 Å². The van der Waals surface area contributed by atoms with Gasteiger partial charge in [-0.1, -0.05) is 27.7 Å². The highest BCUT2D eigenvalue weighted by Crippen LogP contribution is 2.23. The first-order chi connectivity index (χ1) is 13.8. The first-order valence-corrected chi connectivity index (χ1v) is 11.0. The second-order valence-electron chi connectivity index (χ2n) is 8.33. The lowest BCUT2D eigenvalue weighted by Crippen LogP contribution is -2.42. The summed E-state index contributed by atoms with van der Waals surface area (Å²) >= 11 is 5.45. The Morgan fingerprint density at radius 3 is 2.48 bits per heavy atom. The van der Waals surface area contributed by atoms with Crippen molar-refractivity contribution in [1.29, 1.82) is 0 Å². The Labute approximate surface area is 177 Å². The van der Waals surface area contributed by atoms with Crippen LogP contribution in [0.25, 0.3) is 10.9 Å². The molecular weight excluding hydrogens is 384 g/mol. The number of H-pyrrole nitrogens is 1. The molecule has 2 heterocycles. The minimum atomic E-state index is -0.102.